The first-order valence-corrected chi connectivity index (χ1v) is 14.5. The summed E-state index contributed by atoms with van der Waals surface area (Å²) in [5.74, 6) is 7.29. The highest BCUT2D eigenvalue weighted by Crippen LogP contribution is 2.12. The summed E-state index contributed by atoms with van der Waals surface area (Å²) < 4.78 is 31.6. The van der Waals surface area contributed by atoms with E-state index in [0.717, 1.165) is 33.4 Å². The molecule has 14 heteroatoms. The van der Waals surface area contributed by atoms with Gasteiger partial charge in [0.05, 0.1) is 12.1 Å². The van der Waals surface area contributed by atoms with E-state index in [1.54, 1.807) is 32.9 Å². The van der Waals surface area contributed by atoms with Crippen molar-refractivity contribution in [2.24, 2.45) is 17.4 Å². The van der Waals surface area contributed by atoms with Gasteiger partial charge >= 0.3 is 16.4 Å². The van der Waals surface area contributed by atoms with Gasteiger partial charge in [0.15, 0.2) is 11.6 Å². The van der Waals surface area contributed by atoms with Crippen molar-refractivity contribution in [3.63, 3.8) is 0 Å². The Labute approximate surface area is 265 Å². The van der Waals surface area contributed by atoms with Crippen LogP contribution in [0.2, 0.25) is 0 Å². The minimum atomic E-state index is -4.67. The number of carboxylic acid groups (broad SMARTS) is 1. The van der Waals surface area contributed by atoms with E-state index in [4.69, 9.17) is 33.5 Å². The van der Waals surface area contributed by atoms with Gasteiger partial charge in [0.25, 0.3) is 0 Å². The first-order chi connectivity index (χ1) is 20.3. The number of carboxylic acids is 1. The molecule has 0 amide bonds. The van der Waals surface area contributed by atoms with E-state index >= 15 is 0 Å². The van der Waals surface area contributed by atoms with E-state index in [9.17, 15) is 14.4 Å². The number of hydrogen-bond acceptors (Lipinski definition) is 9. The third-order valence-corrected chi connectivity index (χ3v) is 5.24. The quantitative estimate of drug-likeness (QED) is 0.0923. The molecule has 0 atom stereocenters. The molecule has 13 nitrogen and oxygen atoms in total. The van der Waals surface area contributed by atoms with Gasteiger partial charge < -0.3 is 21.4 Å². The first-order valence-electron chi connectivity index (χ1n) is 13.1. The standard InChI is InChI=1S/C10H13NO.C10H12O.C9H10O2.C2H6O.H4N2.H2O4S.H2O/c1-7-3-4-9(8(2)5-7)10(12)6-11;1-7-4-5-10(9(3)11)8(2)6-7;1-6-3-4-8(9(10)11)7(2)5-6;1-2-3;1-2;1-5(2,3)4;/h3-5H,6,11H2,1-2H3;4-6H,1-3H3;3-5H,1-2H3,(H,10,11);3H,2H2,1H3;1-2H2;(H2,1,2,3,4);1H2. The molecule has 45 heavy (non-hydrogen) atoms. The van der Waals surface area contributed by atoms with E-state index in [-0.39, 0.29) is 30.2 Å². The first kappa shape index (κ1) is 48.1. The Balaban J connectivity index is -0.000000242. The van der Waals surface area contributed by atoms with Crippen molar-refractivity contribution < 1.29 is 47.6 Å². The number of aliphatic hydroxyl groups is 1. The maximum absolute atomic E-state index is 11.2. The van der Waals surface area contributed by atoms with E-state index in [0.29, 0.717) is 5.56 Å². The molecular weight excluding hydrogens is 606 g/mol. The number of rotatable bonds is 4. The number of carbonyl (C=O) groups excluding carboxylic acids is 2. The van der Waals surface area contributed by atoms with Crippen molar-refractivity contribution in [1.82, 2.24) is 0 Å². The molecule has 12 N–H and O–H groups in total. The Morgan fingerprint density at radius 1 is 0.689 bits per heavy atom. The largest absolute Gasteiger partial charge is 0.478 e. The van der Waals surface area contributed by atoms with Crippen LogP contribution in [-0.2, 0) is 10.4 Å². The lowest BCUT2D eigenvalue weighted by Crippen LogP contribution is -2.14. The van der Waals surface area contributed by atoms with Crippen LogP contribution >= 0.6 is 0 Å². The normalized spacial score (nSPS) is 9.20. The molecule has 3 aromatic carbocycles. The Morgan fingerprint density at radius 2 is 0.956 bits per heavy atom. The van der Waals surface area contributed by atoms with Crippen molar-refractivity contribution in [2.45, 2.75) is 55.4 Å². The third-order valence-electron chi connectivity index (χ3n) is 5.24. The molecule has 0 radical (unpaired) electrons. The SMILES string of the molecule is CC(=O)c1ccc(C)cc1C.CCO.Cc1ccc(C(=O)CN)c(C)c1.Cc1ccc(C(=O)O)c(C)c1.NN.O.O=S(=O)(O)O. The summed E-state index contributed by atoms with van der Waals surface area (Å²) in [5.41, 5.74) is 13.6. The number of aryl methyl sites for hydroxylation is 6. The van der Waals surface area contributed by atoms with Gasteiger partial charge in [-0.3, -0.25) is 30.4 Å². The average Bonchev–Trinajstić information content (AvgIpc) is 2.89. The van der Waals surface area contributed by atoms with Gasteiger partial charge in [0, 0.05) is 17.7 Å². The van der Waals surface area contributed by atoms with Crippen LogP contribution in [0.3, 0.4) is 0 Å². The molecular formula is C31H49N3O10S. The Morgan fingerprint density at radius 3 is 1.18 bits per heavy atom. The van der Waals surface area contributed by atoms with Crippen LogP contribution < -0.4 is 17.4 Å². The monoisotopic (exact) mass is 655 g/mol. The van der Waals surface area contributed by atoms with Crippen LogP contribution in [0.5, 0.6) is 0 Å². The van der Waals surface area contributed by atoms with Crippen LogP contribution in [0.1, 0.15) is 78.3 Å². The molecule has 0 fully saturated rings. The van der Waals surface area contributed by atoms with Gasteiger partial charge in [0.2, 0.25) is 0 Å². The van der Waals surface area contributed by atoms with E-state index < -0.39 is 16.4 Å². The van der Waals surface area contributed by atoms with Crippen LogP contribution in [-0.4, -0.2) is 63.9 Å². The molecule has 0 aliphatic heterocycles. The minimum Gasteiger partial charge on any atom is -0.478 e. The van der Waals surface area contributed by atoms with E-state index in [2.05, 4.69) is 11.7 Å². The lowest BCUT2D eigenvalue weighted by Gasteiger charge is -2.03. The fraction of sp³-hybridized carbons (Fsp3) is 0.323. The highest BCUT2D eigenvalue weighted by atomic mass is 32.3. The van der Waals surface area contributed by atoms with Gasteiger partial charge in [-0.1, -0.05) is 65.2 Å². The fourth-order valence-electron chi connectivity index (χ4n) is 3.50. The minimum absolute atomic E-state index is 0. The summed E-state index contributed by atoms with van der Waals surface area (Å²) in [5, 5.41) is 16.2. The van der Waals surface area contributed by atoms with Gasteiger partial charge in [0.1, 0.15) is 0 Å². The number of hydrazine groups is 1. The predicted octanol–water partition coefficient (Wildman–Crippen LogP) is 3.29. The zero-order valence-electron chi connectivity index (χ0n) is 27.1. The summed E-state index contributed by atoms with van der Waals surface area (Å²) in [7, 11) is -4.67. The number of benzene rings is 3. The van der Waals surface area contributed by atoms with Crippen LogP contribution in [0.15, 0.2) is 54.6 Å². The van der Waals surface area contributed by atoms with E-state index in [1.165, 1.54) is 11.1 Å². The van der Waals surface area contributed by atoms with Crippen LogP contribution in [0, 0.1) is 41.5 Å². The number of aliphatic hydroxyl groups excluding tert-OH is 1. The molecule has 0 heterocycles. The molecule has 0 saturated carbocycles. The summed E-state index contributed by atoms with van der Waals surface area (Å²) in [6, 6.07) is 16.9. The average molecular weight is 656 g/mol. The van der Waals surface area contributed by atoms with Crippen LogP contribution in [0.25, 0.3) is 0 Å². The van der Waals surface area contributed by atoms with E-state index in [1.807, 2.05) is 77.1 Å². The second-order valence-electron chi connectivity index (χ2n) is 9.21. The molecule has 254 valence electrons. The van der Waals surface area contributed by atoms with Crippen molar-refractivity contribution >= 4 is 27.9 Å². The Hall–Kier alpha value is -3.86. The predicted molar refractivity (Wildman–Crippen MR) is 177 cm³/mol. The smallest absolute Gasteiger partial charge is 0.394 e. The topological polar surface area (TPSA) is 276 Å². The zero-order chi connectivity index (χ0) is 35.2. The second kappa shape index (κ2) is 25.5. The molecule has 0 aromatic heterocycles. The maximum Gasteiger partial charge on any atom is 0.394 e. The highest BCUT2D eigenvalue weighted by molar-refractivity contribution is 7.79. The summed E-state index contributed by atoms with van der Waals surface area (Å²) >= 11 is 0. The molecule has 0 unspecified atom stereocenters. The third kappa shape index (κ3) is 24.2. The number of ketones is 2. The van der Waals surface area contributed by atoms with Gasteiger partial charge in [-0.2, -0.15) is 8.42 Å². The Bertz CT molecular complexity index is 1370. The lowest BCUT2D eigenvalue weighted by molar-refractivity contribution is 0.0695. The molecule has 3 aromatic rings. The molecule has 0 saturated heterocycles. The Kier molecular flexibility index (Phi) is 27.2. The zero-order valence-corrected chi connectivity index (χ0v) is 27.9. The summed E-state index contributed by atoms with van der Waals surface area (Å²) in [6.07, 6.45) is 0. The molecule has 0 aliphatic rings. The summed E-state index contributed by atoms with van der Waals surface area (Å²) in [4.78, 5) is 32.7. The van der Waals surface area contributed by atoms with Crippen molar-refractivity contribution in [2.75, 3.05) is 13.2 Å². The maximum atomic E-state index is 11.2. The number of nitrogens with two attached hydrogens (primary N) is 3. The second-order valence-corrected chi connectivity index (χ2v) is 10.1. The fourth-order valence-corrected chi connectivity index (χ4v) is 3.50. The van der Waals surface area contributed by atoms with Crippen molar-refractivity contribution in [3.05, 3.63) is 105 Å². The number of carbonyl (C=O) groups is 3. The lowest BCUT2D eigenvalue weighted by atomic mass is 10.0. The van der Waals surface area contributed by atoms with Crippen LogP contribution in [0.4, 0.5) is 0 Å². The molecule has 3 rings (SSSR count). The summed E-state index contributed by atoms with van der Waals surface area (Å²) in [6.45, 7) is 15.3. The van der Waals surface area contributed by atoms with Gasteiger partial charge in [-0.15, -0.1) is 0 Å². The number of Topliss-reactive ketones (excluding diaryl/α,β-unsaturated/α-hetero) is 2. The van der Waals surface area contributed by atoms with Crippen molar-refractivity contribution in [3.8, 4) is 0 Å². The molecule has 0 aliphatic carbocycles. The van der Waals surface area contributed by atoms with Crippen molar-refractivity contribution in [1.29, 1.82) is 0 Å². The molecule has 0 spiro atoms. The number of hydrogen-bond donors (Lipinski definition) is 7. The van der Waals surface area contributed by atoms with Gasteiger partial charge in [-0.05, 0) is 78.1 Å². The number of aromatic carboxylic acids is 1. The molecule has 0 bridgehead atoms. The van der Waals surface area contributed by atoms with Gasteiger partial charge in [-0.25, -0.2) is 4.79 Å². The highest BCUT2D eigenvalue weighted by Gasteiger charge is 2.06.